The predicted octanol–water partition coefficient (Wildman–Crippen LogP) is 0.226. The lowest BCUT2D eigenvalue weighted by atomic mass is 9.60. The highest BCUT2D eigenvalue weighted by Crippen LogP contribution is 2.54. The average molecular weight is 423 g/mol. The molecular weight excluding hydrogens is 380 g/mol. The SMILES string of the molecule is CCC1(C)O[C@](C)(OCC(C)(CN)O[C@@](C)(CN)OC)C(C)(O)[C@@](C)(O)[C@@]1(C)O. The van der Waals surface area contributed by atoms with Crippen molar-refractivity contribution in [3.05, 3.63) is 0 Å². The van der Waals surface area contributed by atoms with E-state index in [4.69, 9.17) is 30.4 Å². The molecule has 1 rings (SSSR count). The van der Waals surface area contributed by atoms with E-state index in [1.54, 1.807) is 20.8 Å². The van der Waals surface area contributed by atoms with E-state index in [-0.39, 0.29) is 19.7 Å². The Balaban J connectivity index is 3.28. The first-order valence-corrected chi connectivity index (χ1v) is 10.0. The van der Waals surface area contributed by atoms with E-state index in [0.717, 1.165) is 0 Å². The number of hydrogen-bond donors (Lipinski definition) is 5. The summed E-state index contributed by atoms with van der Waals surface area (Å²) < 4.78 is 23.6. The van der Waals surface area contributed by atoms with Gasteiger partial charge in [0.15, 0.2) is 11.6 Å². The molecule has 0 aliphatic carbocycles. The van der Waals surface area contributed by atoms with E-state index >= 15 is 0 Å². The zero-order valence-electron chi connectivity index (χ0n) is 19.5. The number of rotatable bonds is 9. The minimum atomic E-state index is -1.98. The van der Waals surface area contributed by atoms with Crippen molar-refractivity contribution in [3.63, 3.8) is 0 Å². The fourth-order valence-corrected chi connectivity index (χ4v) is 3.75. The minimum Gasteiger partial charge on any atom is -0.384 e. The van der Waals surface area contributed by atoms with Crippen LogP contribution in [0.5, 0.6) is 0 Å². The predicted molar refractivity (Wildman–Crippen MR) is 109 cm³/mol. The highest BCUT2D eigenvalue weighted by atomic mass is 16.7. The van der Waals surface area contributed by atoms with Crippen molar-refractivity contribution in [2.24, 2.45) is 11.5 Å². The van der Waals surface area contributed by atoms with Crippen LogP contribution in [-0.2, 0) is 18.9 Å². The summed E-state index contributed by atoms with van der Waals surface area (Å²) in [5.74, 6) is -2.77. The van der Waals surface area contributed by atoms with Crippen LogP contribution in [0, 0.1) is 0 Å². The molecule has 7 N–H and O–H groups in total. The lowest BCUT2D eigenvalue weighted by Crippen LogP contribution is -2.84. The maximum atomic E-state index is 11.3. The van der Waals surface area contributed by atoms with Crippen LogP contribution in [0.4, 0.5) is 0 Å². The Bertz CT molecular complexity index is 579. The summed E-state index contributed by atoms with van der Waals surface area (Å²) in [6, 6.07) is 0. The van der Waals surface area contributed by atoms with Gasteiger partial charge in [0.25, 0.3) is 0 Å². The molecule has 1 aliphatic rings. The Morgan fingerprint density at radius 3 is 1.79 bits per heavy atom. The molecule has 0 aromatic carbocycles. The molecule has 7 atom stereocenters. The summed E-state index contributed by atoms with van der Waals surface area (Å²) in [6.45, 7) is 12.7. The van der Waals surface area contributed by atoms with Crippen LogP contribution in [0.25, 0.3) is 0 Å². The lowest BCUT2D eigenvalue weighted by Gasteiger charge is -2.65. The molecule has 9 nitrogen and oxygen atoms in total. The molecule has 9 heteroatoms. The minimum absolute atomic E-state index is 0.0727. The third-order valence-corrected chi connectivity index (χ3v) is 7.25. The van der Waals surface area contributed by atoms with Gasteiger partial charge in [-0.2, -0.15) is 0 Å². The van der Waals surface area contributed by atoms with Crippen molar-refractivity contribution >= 4 is 0 Å². The van der Waals surface area contributed by atoms with Crippen molar-refractivity contribution in [2.75, 3.05) is 26.8 Å². The second-order valence-corrected chi connectivity index (χ2v) is 9.44. The molecule has 1 heterocycles. The Hall–Kier alpha value is -0.360. The van der Waals surface area contributed by atoms with Crippen molar-refractivity contribution in [3.8, 4) is 0 Å². The number of nitrogens with two attached hydrogens (primary N) is 2. The Morgan fingerprint density at radius 1 is 0.897 bits per heavy atom. The first-order chi connectivity index (χ1) is 12.9. The van der Waals surface area contributed by atoms with Crippen LogP contribution in [0.3, 0.4) is 0 Å². The topological polar surface area (TPSA) is 150 Å². The molecule has 3 unspecified atom stereocenters. The van der Waals surface area contributed by atoms with Gasteiger partial charge in [-0.05, 0) is 54.9 Å². The van der Waals surface area contributed by atoms with Crippen molar-refractivity contribution in [1.29, 1.82) is 0 Å². The van der Waals surface area contributed by atoms with Crippen molar-refractivity contribution < 1.29 is 34.3 Å². The maximum Gasteiger partial charge on any atom is 0.197 e. The van der Waals surface area contributed by atoms with Crippen LogP contribution in [0.2, 0.25) is 0 Å². The molecule has 174 valence electrons. The van der Waals surface area contributed by atoms with Crippen molar-refractivity contribution in [1.82, 2.24) is 0 Å². The standard InChI is InChI=1S/C20H42N2O7/c1-10-15(3)17(5,23)18(6,24)19(7,25)20(8,29-15)27-13-14(2,11-21)28-16(4,12-22)26-9/h23-25H,10-13,21-22H2,1-9H3/t14?,15?,16-,17-,18-,19?,20-/m0/s1. The molecule has 0 amide bonds. The highest BCUT2D eigenvalue weighted by molar-refractivity contribution is 5.21. The van der Waals surface area contributed by atoms with Gasteiger partial charge in [0.2, 0.25) is 0 Å². The molecule has 0 saturated carbocycles. The summed E-state index contributed by atoms with van der Waals surface area (Å²) in [6.07, 6.45) is 0.366. The normalized spacial score (nSPS) is 44.9. The summed E-state index contributed by atoms with van der Waals surface area (Å²) in [5, 5.41) is 33.6. The van der Waals surface area contributed by atoms with Crippen LogP contribution in [0.1, 0.15) is 61.8 Å². The van der Waals surface area contributed by atoms with E-state index in [9.17, 15) is 15.3 Å². The van der Waals surface area contributed by atoms with Gasteiger partial charge in [0.1, 0.15) is 22.4 Å². The van der Waals surface area contributed by atoms with E-state index in [1.165, 1.54) is 34.8 Å². The summed E-state index contributed by atoms with van der Waals surface area (Å²) in [4.78, 5) is 0. The van der Waals surface area contributed by atoms with Crippen LogP contribution < -0.4 is 11.5 Å². The molecular formula is C20H42N2O7. The third-order valence-electron chi connectivity index (χ3n) is 7.25. The molecule has 0 radical (unpaired) electrons. The zero-order chi connectivity index (χ0) is 23.2. The fourth-order valence-electron chi connectivity index (χ4n) is 3.75. The van der Waals surface area contributed by atoms with Gasteiger partial charge in [-0.15, -0.1) is 0 Å². The van der Waals surface area contributed by atoms with E-state index in [0.29, 0.717) is 6.42 Å². The van der Waals surface area contributed by atoms with Gasteiger partial charge in [0, 0.05) is 20.2 Å². The van der Waals surface area contributed by atoms with Crippen LogP contribution in [-0.4, -0.2) is 81.7 Å². The second-order valence-electron chi connectivity index (χ2n) is 9.44. The van der Waals surface area contributed by atoms with Crippen molar-refractivity contribution in [2.45, 2.75) is 101 Å². The molecule has 0 aromatic heterocycles. The second kappa shape index (κ2) is 7.96. The largest absolute Gasteiger partial charge is 0.384 e. The third kappa shape index (κ3) is 4.09. The Kier molecular flexibility index (Phi) is 7.32. The smallest absolute Gasteiger partial charge is 0.197 e. The van der Waals surface area contributed by atoms with Crippen LogP contribution >= 0.6 is 0 Å². The Labute approximate surface area is 174 Å². The lowest BCUT2D eigenvalue weighted by molar-refractivity contribution is -0.459. The number of methoxy groups -OCH3 is 1. The van der Waals surface area contributed by atoms with Gasteiger partial charge in [0.05, 0.1) is 12.2 Å². The van der Waals surface area contributed by atoms with Gasteiger partial charge < -0.3 is 45.7 Å². The van der Waals surface area contributed by atoms with E-state index in [2.05, 4.69) is 0 Å². The summed E-state index contributed by atoms with van der Waals surface area (Å²) >= 11 is 0. The summed E-state index contributed by atoms with van der Waals surface area (Å²) in [7, 11) is 1.48. The number of aliphatic hydroxyl groups is 3. The van der Waals surface area contributed by atoms with E-state index < -0.39 is 39.6 Å². The maximum absolute atomic E-state index is 11.3. The molecule has 1 aliphatic heterocycles. The Morgan fingerprint density at radius 2 is 1.41 bits per heavy atom. The quantitative estimate of drug-likeness (QED) is 0.329. The number of ether oxygens (including phenoxy) is 4. The first kappa shape index (κ1) is 26.7. The highest BCUT2D eigenvalue weighted by Gasteiger charge is 2.74. The molecule has 0 aromatic rings. The van der Waals surface area contributed by atoms with Gasteiger partial charge in [-0.25, -0.2) is 0 Å². The van der Waals surface area contributed by atoms with Crippen LogP contribution in [0.15, 0.2) is 0 Å². The van der Waals surface area contributed by atoms with E-state index in [1.807, 2.05) is 6.92 Å². The average Bonchev–Trinajstić information content (AvgIpc) is 2.64. The molecule has 0 spiro atoms. The molecule has 0 bridgehead atoms. The van der Waals surface area contributed by atoms with Gasteiger partial charge >= 0.3 is 0 Å². The number of hydrogen-bond acceptors (Lipinski definition) is 9. The summed E-state index contributed by atoms with van der Waals surface area (Å²) in [5.41, 5.74) is 3.75. The molecule has 1 saturated heterocycles. The molecule has 29 heavy (non-hydrogen) atoms. The zero-order valence-corrected chi connectivity index (χ0v) is 19.5. The monoisotopic (exact) mass is 422 g/mol. The van der Waals surface area contributed by atoms with Gasteiger partial charge in [-0.3, -0.25) is 0 Å². The first-order valence-electron chi connectivity index (χ1n) is 10.0. The van der Waals surface area contributed by atoms with Gasteiger partial charge in [-0.1, -0.05) is 6.92 Å². The molecule has 1 fully saturated rings. The fraction of sp³-hybridized carbons (Fsp3) is 1.00.